The van der Waals surface area contributed by atoms with E-state index in [1.807, 2.05) is 11.3 Å². The van der Waals surface area contributed by atoms with Crippen LogP contribution in [0.2, 0.25) is 0 Å². The summed E-state index contributed by atoms with van der Waals surface area (Å²) in [6.07, 6.45) is 0. The van der Waals surface area contributed by atoms with E-state index in [2.05, 4.69) is 121 Å². The summed E-state index contributed by atoms with van der Waals surface area (Å²) in [5, 5.41) is 7.89. The molecule has 1 heterocycles. The van der Waals surface area contributed by atoms with Crippen molar-refractivity contribution in [2.45, 2.75) is 0 Å². The Balaban J connectivity index is 1.61. The van der Waals surface area contributed by atoms with Crippen LogP contribution >= 0.6 is 11.3 Å². The van der Waals surface area contributed by atoms with Crippen molar-refractivity contribution in [2.24, 2.45) is 0 Å². The van der Waals surface area contributed by atoms with Crippen molar-refractivity contribution >= 4 is 53.1 Å². The molecule has 0 unspecified atom stereocenters. The van der Waals surface area contributed by atoms with Crippen molar-refractivity contribution in [3.63, 3.8) is 0 Å². The van der Waals surface area contributed by atoms with Gasteiger partial charge in [0.15, 0.2) is 0 Å². The predicted molar refractivity (Wildman–Crippen MR) is 145 cm³/mol. The van der Waals surface area contributed by atoms with Crippen LogP contribution in [0.15, 0.2) is 121 Å². The molecule has 0 spiro atoms. The van der Waals surface area contributed by atoms with Gasteiger partial charge in [0.1, 0.15) is 0 Å². The third kappa shape index (κ3) is 2.83. The van der Waals surface area contributed by atoms with E-state index >= 15 is 0 Å². The van der Waals surface area contributed by atoms with Crippen molar-refractivity contribution in [3.8, 4) is 22.3 Å². The van der Waals surface area contributed by atoms with Crippen LogP contribution < -0.4 is 0 Å². The summed E-state index contributed by atoms with van der Waals surface area (Å²) in [5.41, 5.74) is 5.17. The van der Waals surface area contributed by atoms with Gasteiger partial charge < -0.3 is 0 Å². The third-order valence-electron chi connectivity index (χ3n) is 6.66. The molecule has 7 aromatic rings. The van der Waals surface area contributed by atoms with Gasteiger partial charge in [-0.2, -0.15) is 0 Å². The molecule has 0 radical (unpaired) electrons. The summed E-state index contributed by atoms with van der Waals surface area (Å²) in [5.74, 6) is 0. The molecule has 154 valence electrons. The topological polar surface area (TPSA) is 0 Å². The van der Waals surface area contributed by atoms with Gasteiger partial charge in [0.05, 0.1) is 0 Å². The zero-order chi connectivity index (χ0) is 21.8. The van der Waals surface area contributed by atoms with Crippen LogP contribution in [0.1, 0.15) is 0 Å². The van der Waals surface area contributed by atoms with Crippen LogP contribution in [0.4, 0.5) is 0 Å². The molecule has 0 nitrogen and oxygen atoms in total. The van der Waals surface area contributed by atoms with Crippen molar-refractivity contribution in [3.05, 3.63) is 121 Å². The lowest BCUT2D eigenvalue weighted by atomic mass is 9.86. The molecule has 33 heavy (non-hydrogen) atoms. The highest BCUT2D eigenvalue weighted by molar-refractivity contribution is 7.25. The number of thiophene rings is 1. The second kappa shape index (κ2) is 7.30. The van der Waals surface area contributed by atoms with Crippen molar-refractivity contribution in [1.29, 1.82) is 0 Å². The molecule has 0 fully saturated rings. The fourth-order valence-corrected chi connectivity index (χ4v) is 6.38. The van der Waals surface area contributed by atoms with Gasteiger partial charge in [-0.15, -0.1) is 11.3 Å². The number of hydrogen-bond acceptors (Lipinski definition) is 1. The van der Waals surface area contributed by atoms with Gasteiger partial charge in [0.25, 0.3) is 0 Å². The molecular weight excluding hydrogens is 416 g/mol. The number of benzene rings is 6. The third-order valence-corrected chi connectivity index (χ3v) is 7.79. The molecule has 0 bridgehead atoms. The number of hydrogen-bond donors (Lipinski definition) is 0. The Morgan fingerprint density at radius 1 is 0.333 bits per heavy atom. The first-order valence-corrected chi connectivity index (χ1v) is 12.1. The number of fused-ring (bicyclic) bond motifs is 5. The second-order valence-corrected chi connectivity index (χ2v) is 9.60. The first-order chi connectivity index (χ1) is 16.4. The first-order valence-electron chi connectivity index (χ1n) is 11.3. The Labute approximate surface area is 196 Å². The number of rotatable bonds is 2. The monoisotopic (exact) mass is 436 g/mol. The average molecular weight is 437 g/mol. The molecule has 0 aliphatic rings. The minimum Gasteiger partial charge on any atom is -0.135 e. The fourth-order valence-electron chi connectivity index (χ4n) is 5.24. The van der Waals surface area contributed by atoms with Crippen LogP contribution in [-0.4, -0.2) is 0 Å². The van der Waals surface area contributed by atoms with E-state index in [1.165, 1.54) is 64.0 Å². The Morgan fingerprint density at radius 2 is 0.818 bits per heavy atom. The van der Waals surface area contributed by atoms with Crippen molar-refractivity contribution in [2.75, 3.05) is 0 Å². The molecule has 7 rings (SSSR count). The van der Waals surface area contributed by atoms with E-state index in [0.717, 1.165) is 0 Å². The van der Waals surface area contributed by atoms with E-state index in [0.29, 0.717) is 0 Å². The lowest BCUT2D eigenvalue weighted by molar-refractivity contribution is 1.66. The standard InChI is InChI=1S/C32H20S/c1-2-10-21(11-3-1)31-25-13-4-6-15-27(25)32(28-16-7-5-14-26(28)31)22-18-19-24-23-12-8-9-17-29(23)33-30(24)20-22/h1-20H. The normalized spacial score (nSPS) is 11.6. The smallest absolute Gasteiger partial charge is 0.0361 e. The highest BCUT2D eigenvalue weighted by atomic mass is 32.1. The Kier molecular flexibility index (Phi) is 4.12. The van der Waals surface area contributed by atoms with E-state index in [9.17, 15) is 0 Å². The minimum absolute atomic E-state index is 1.26. The summed E-state index contributed by atoms with van der Waals surface area (Å²) in [7, 11) is 0. The fraction of sp³-hybridized carbons (Fsp3) is 0. The lowest BCUT2D eigenvalue weighted by Gasteiger charge is -2.17. The maximum Gasteiger partial charge on any atom is 0.0361 e. The van der Waals surface area contributed by atoms with Gasteiger partial charge in [0.2, 0.25) is 0 Å². The van der Waals surface area contributed by atoms with E-state index in [4.69, 9.17) is 0 Å². The second-order valence-electron chi connectivity index (χ2n) is 8.52. The van der Waals surface area contributed by atoms with Crippen LogP contribution in [0.5, 0.6) is 0 Å². The quantitative estimate of drug-likeness (QED) is 0.237. The lowest BCUT2D eigenvalue weighted by Crippen LogP contribution is -1.90. The molecule has 0 saturated carbocycles. The molecule has 0 atom stereocenters. The van der Waals surface area contributed by atoms with Crippen molar-refractivity contribution < 1.29 is 0 Å². The van der Waals surface area contributed by atoms with Crippen LogP contribution in [0.25, 0.3) is 64.0 Å². The van der Waals surface area contributed by atoms with Gasteiger partial charge in [-0.1, -0.05) is 109 Å². The molecular formula is C32H20S. The molecule has 0 saturated heterocycles. The van der Waals surface area contributed by atoms with Gasteiger partial charge >= 0.3 is 0 Å². The average Bonchev–Trinajstić information content (AvgIpc) is 3.25. The van der Waals surface area contributed by atoms with Crippen LogP contribution in [0, 0.1) is 0 Å². The van der Waals surface area contributed by atoms with Gasteiger partial charge in [0, 0.05) is 20.2 Å². The highest BCUT2D eigenvalue weighted by Crippen LogP contribution is 2.45. The molecule has 6 aromatic carbocycles. The molecule has 1 heteroatoms. The Morgan fingerprint density at radius 3 is 1.45 bits per heavy atom. The SMILES string of the molecule is c1ccc(-c2c3ccccc3c(-c3ccc4c(c3)sc3ccccc34)c3ccccc23)cc1. The minimum atomic E-state index is 1.26. The summed E-state index contributed by atoms with van der Waals surface area (Å²) >= 11 is 1.88. The maximum atomic E-state index is 2.39. The van der Waals surface area contributed by atoms with Gasteiger partial charge in [-0.3, -0.25) is 0 Å². The summed E-state index contributed by atoms with van der Waals surface area (Å²) in [4.78, 5) is 0. The van der Waals surface area contributed by atoms with E-state index < -0.39 is 0 Å². The van der Waals surface area contributed by atoms with Crippen LogP contribution in [0.3, 0.4) is 0 Å². The molecule has 1 aromatic heterocycles. The molecule has 0 aliphatic carbocycles. The van der Waals surface area contributed by atoms with Gasteiger partial charge in [-0.25, -0.2) is 0 Å². The molecule has 0 amide bonds. The van der Waals surface area contributed by atoms with Crippen LogP contribution in [-0.2, 0) is 0 Å². The highest BCUT2D eigenvalue weighted by Gasteiger charge is 2.17. The zero-order valence-corrected chi connectivity index (χ0v) is 18.8. The molecule has 0 N–H and O–H groups in total. The Hall–Kier alpha value is -3.94. The van der Waals surface area contributed by atoms with Gasteiger partial charge in [-0.05, 0) is 55.9 Å². The van der Waals surface area contributed by atoms with Crippen molar-refractivity contribution in [1.82, 2.24) is 0 Å². The summed E-state index contributed by atoms with van der Waals surface area (Å²) < 4.78 is 2.69. The molecule has 0 aliphatic heterocycles. The summed E-state index contributed by atoms with van der Waals surface area (Å²) in [6.45, 7) is 0. The largest absolute Gasteiger partial charge is 0.135 e. The van der Waals surface area contributed by atoms with E-state index in [-0.39, 0.29) is 0 Å². The summed E-state index contributed by atoms with van der Waals surface area (Å²) in [6, 6.07) is 44.2. The first kappa shape index (κ1) is 18.6. The zero-order valence-electron chi connectivity index (χ0n) is 18.0. The Bertz CT molecular complexity index is 1750. The maximum absolute atomic E-state index is 2.39. The predicted octanol–water partition coefficient (Wildman–Crippen LogP) is 9.69. The van der Waals surface area contributed by atoms with E-state index in [1.54, 1.807) is 0 Å².